The molecule has 2 amide bonds. The third kappa shape index (κ3) is 6.95. The van der Waals surface area contributed by atoms with E-state index in [0.29, 0.717) is 0 Å². The molecule has 7 nitrogen and oxygen atoms in total. The number of sulfonamides is 1. The number of hydrogen-bond donors (Lipinski definition) is 3. The number of hydrogen-bond acceptors (Lipinski definition) is 4. The van der Waals surface area contributed by atoms with E-state index in [9.17, 15) is 18.0 Å². The number of benzene rings is 1. The average Bonchev–Trinajstić information content (AvgIpc) is 3.10. The second-order valence-electron chi connectivity index (χ2n) is 7.04. The number of amides is 2. The van der Waals surface area contributed by atoms with Gasteiger partial charge in [0.2, 0.25) is 21.8 Å². The summed E-state index contributed by atoms with van der Waals surface area (Å²) in [6.07, 6.45) is 4.61. The molecule has 150 valence electrons. The molecule has 1 aliphatic rings. The number of nitrogens with one attached hydrogen (secondary N) is 3. The van der Waals surface area contributed by atoms with E-state index in [1.807, 2.05) is 13.8 Å². The van der Waals surface area contributed by atoms with Crippen molar-refractivity contribution in [2.75, 3.05) is 13.1 Å². The molecule has 0 bridgehead atoms. The summed E-state index contributed by atoms with van der Waals surface area (Å²) in [6.45, 7) is 4.03. The zero-order valence-corrected chi connectivity index (χ0v) is 16.8. The van der Waals surface area contributed by atoms with Crippen molar-refractivity contribution in [3.8, 4) is 0 Å². The quantitative estimate of drug-likeness (QED) is 0.590. The van der Waals surface area contributed by atoms with Crippen LogP contribution in [0.5, 0.6) is 0 Å². The molecule has 0 atom stereocenters. The second kappa shape index (κ2) is 9.85. The molecule has 1 aromatic rings. The first-order chi connectivity index (χ1) is 12.8. The minimum absolute atomic E-state index is 0.00929. The molecule has 0 aliphatic heterocycles. The maximum atomic E-state index is 12.2. The fourth-order valence-corrected chi connectivity index (χ4v) is 4.15. The van der Waals surface area contributed by atoms with Crippen LogP contribution < -0.4 is 15.4 Å². The van der Waals surface area contributed by atoms with Crippen molar-refractivity contribution in [2.24, 2.45) is 0 Å². The highest BCUT2D eigenvalue weighted by Gasteiger charge is 2.17. The fourth-order valence-electron chi connectivity index (χ4n) is 3.04. The Morgan fingerprint density at radius 3 is 2.33 bits per heavy atom. The predicted octanol–water partition coefficient (Wildman–Crippen LogP) is 1.54. The molecule has 8 heteroatoms. The SMILES string of the molecule is Cc1ccc(S(=O)(=O)NCCC(=O)NCCC(=O)NC2CCCC2)cc1C. The van der Waals surface area contributed by atoms with E-state index in [4.69, 9.17) is 0 Å². The van der Waals surface area contributed by atoms with Crippen molar-refractivity contribution in [2.45, 2.75) is 63.3 Å². The molecule has 3 N–H and O–H groups in total. The molecule has 0 unspecified atom stereocenters. The van der Waals surface area contributed by atoms with Gasteiger partial charge in [0.1, 0.15) is 0 Å². The number of carbonyl (C=O) groups is 2. The smallest absolute Gasteiger partial charge is 0.240 e. The van der Waals surface area contributed by atoms with Gasteiger partial charge in [0.15, 0.2) is 0 Å². The molecular formula is C19H29N3O4S. The molecule has 27 heavy (non-hydrogen) atoms. The lowest BCUT2D eigenvalue weighted by molar-refractivity contribution is -0.122. The summed E-state index contributed by atoms with van der Waals surface area (Å²) in [5, 5.41) is 5.61. The summed E-state index contributed by atoms with van der Waals surface area (Å²) in [7, 11) is -3.64. The topological polar surface area (TPSA) is 104 Å². The molecule has 0 saturated heterocycles. The Bertz CT molecular complexity index is 771. The van der Waals surface area contributed by atoms with E-state index in [1.165, 1.54) is 0 Å². The van der Waals surface area contributed by atoms with Crippen LogP contribution in [0.15, 0.2) is 23.1 Å². The van der Waals surface area contributed by atoms with E-state index < -0.39 is 10.0 Å². The van der Waals surface area contributed by atoms with Gasteiger partial charge < -0.3 is 10.6 Å². The Labute approximate surface area is 161 Å². The Morgan fingerprint density at radius 2 is 1.67 bits per heavy atom. The summed E-state index contributed by atoms with van der Waals surface area (Å²) < 4.78 is 26.9. The number of rotatable bonds is 9. The van der Waals surface area contributed by atoms with Crippen LogP contribution in [0.2, 0.25) is 0 Å². The first kappa shape index (κ1) is 21.4. The van der Waals surface area contributed by atoms with E-state index in [0.717, 1.165) is 36.8 Å². The highest BCUT2D eigenvalue weighted by molar-refractivity contribution is 7.89. The van der Waals surface area contributed by atoms with Crippen LogP contribution in [-0.4, -0.2) is 39.4 Å². The highest BCUT2D eigenvalue weighted by Crippen LogP contribution is 2.17. The zero-order chi connectivity index (χ0) is 19.9. The first-order valence-electron chi connectivity index (χ1n) is 9.41. The summed E-state index contributed by atoms with van der Waals surface area (Å²) in [5.74, 6) is -0.343. The molecule has 2 rings (SSSR count). The van der Waals surface area contributed by atoms with Crippen LogP contribution in [0.1, 0.15) is 49.7 Å². The maximum Gasteiger partial charge on any atom is 0.240 e. The lowest BCUT2D eigenvalue weighted by Crippen LogP contribution is -2.36. The van der Waals surface area contributed by atoms with Gasteiger partial charge in [-0.15, -0.1) is 0 Å². The second-order valence-corrected chi connectivity index (χ2v) is 8.81. The van der Waals surface area contributed by atoms with Gasteiger partial charge in [0.25, 0.3) is 0 Å². The van der Waals surface area contributed by atoms with Gasteiger partial charge in [-0.2, -0.15) is 0 Å². The lowest BCUT2D eigenvalue weighted by atomic mass is 10.1. The fraction of sp³-hybridized carbons (Fsp3) is 0.579. The van der Waals surface area contributed by atoms with E-state index in [2.05, 4.69) is 15.4 Å². The average molecular weight is 396 g/mol. The Balaban J connectivity index is 1.66. The normalized spacial score (nSPS) is 14.9. The third-order valence-corrected chi connectivity index (χ3v) is 6.29. The van der Waals surface area contributed by atoms with Crippen LogP contribution in [0.25, 0.3) is 0 Å². The van der Waals surface area contributed by atoms with Crippen molar-refractivity contribution in [3.63, 3.8) is 0 Å². The highest BCUT2D eigenvalue weighted by atomic mass is 32.2. The molecule has 1 saturated carbocycles. The van der Waals surface area contributed by atoms with Gasteiger partial charge in [0.05, 0.1) is 4.90 Å². The Kier molecular flexibility index (Phi) is 7.79. The minimum atomic E-state index is -3.64. The maximum absolute atomic E-state index is 12.2. The Hall–Kier alpha value is -1.93. The molecule has 0 radical (unpaired) electrons. The monoisotopic (exact) mass is 395 g/mol. The number of aryl methyl sites for hydroxylation is 2. The molecule has 1 fully saturated rings. The van der Waals surface area contributed by atoms with Crippen LogP contribution in [0.4, 0.5) is 0 Å². The third-order valence-electron chi connectivity index (χ3n) is 4.83. The van der Waals surface area contributed by atoms with Gasteiger partial charge in [-0.05, 0) is 49.9 Å². The Morgan fingerprint density at radius 1 is 1.00 bits per heavy atom. The summed E-state index contributed by atoms with van der Waals surface area (Å²) in [5.41, 5.74) is 1.91. The standard InChI is InChI=1S/C19H29N3O4S/c1-14-7-8-17(13-15(14)2)27(25,26)21-12-10-18(23)20-11-9-19(24)22-16-5-3-4-6-16/h7-8,13,16,21H,3-6,9-12H2,1-2H3,(H,20,23)(H,22,24). The molecule has 0 aromatic heterocycles. The van der Waals surface area contributed by atoms with Crippen LogP contribution in [-0.2, 0) is 19.6 Å². The molecule has 0 heterocycles. The van der Waals surface area contributed by atoms with Crippen molar-refractivity contribution in [3.05, 3.63) is 29.3 Å². The van der Waals surface area contributed by atoms with Crippen molar-refractivity contribution in [1.82, 2.24) is 15.4 Å². The van der Waals surface area contributed by atoms with E-state index in [-0.39, 0.29) is 48.7 Å². The van der Waals surface area contributed by atoms with Crippen molar-refractivity contribution < 1.29 is 18.0 Å². The van der Waals surface area contributed by atoms with Gasteiger partial charge >= 0.3 is 0 Å². The summed E-state index contributed by atoms with van der Waals surface area (Å²) in [6, 6.07) is 5.19. The van der Waals surface area contributed by atoms with E-state index in [1.54, 1.807) is 18.2 Å². The number of carbonyl (C=O) groups excluding carboxylic acids is 2. The van der Waals surface area contributed by atoms with Crippen LogP contribution in [0.3, 0.4) is 0 Å². The lowest BCUT2D eigenvalue weighted by Gasteiger charge is -2.12. The summed E-state index contributed by atoms with van der Waals surface area (Å²) >= 11 is 0. The van der Waals surface area contributed by atoms with E-state index >= 15 is 0 Å². The summed E-state index contributed by atoms with van der Waals surface area (Å²) in [4.78, 5) is 23.8. The predicted molar refractivity (Wildman–Crippen MR) is 104 cm³/mol. The minimum Gasteiger partial charge on any atom is -0.356 e. The van der Waals surface area contributed by atoms with Gasteiger partial charge in [-0.1, -0.05) is 18.9 Å². The van der Waals surface area contributed by atoms with Gasteiger partial charge in [-0.3, -0.25) is 9.59 Å². The van der Waals surface area contributed by atoms with Crippen molar-refractivity contribution in [1.29, 1.82) is 0 Å². The van der Waals surface area contributed by atoms with Crippen LogP contribution >= 0.6 is 0 Å². The zero-order valence-electron chi connectivity index (χ0n) is 16.0. The molecule has 1 aliphatic carbocycles. The molecule has 0 spiro atoms. The van der Waals surface area contributed by atoms with Gasteiger partial charge in [-0.25, -0.2) is 13.1 Å². The van der Waals surface area contributed by atoms with Gasteiger partial charge in [0, 0.05) is 32.0 Å². The molecule has 1 aromatic carbocycles. The molecular weight excluding hydrogens is 366 g/mol. The largest absolute Gasteiger partial charge is 0.356 e. The first-order valence-corrected chi connectivity index (χ1v) is 10.9. The van der Waals surface area contributed by atoms with Crippen LogP contribution in [0, 0.1) is 13.8 Å². The van der Waals surface area contributed by atoms with Crippen molar-refractivity contribution >= 4 is 21.8 Å².